The summed E-state index contributed by atoms with van der Waals surface area (Å²) in [5, 5.41) is 7.55. The zero-order valence-corrected chi connectivity index (χ0v) is 18.8. The lowest BCUT2D eigenvalue weighted by atomic mass is 9.97. The van der Waals surface area contributed by atoms with Crippen molar-refractivity contribution in [3.05, 3.63) is 46.4 Å². The molecule has 0 radical (unpaired) electrons. The van der Waals surface area contributed by atoms with Crippen LogP contribution in [0.1, 0.15) is 28.3 Å². The van der Waals surface area contributed by atoms with E-state index in [9.17, 15) is 4.79 Å². The molecule has 0 atom stereocenters. The summed E-state index contributed by atoms with van der Waals surface area (Å²) in [6.45, 7) is 4.16. The second-order valence-electron chi connectivity index (χ2n) is 7.62. The van der Waals surface area contributed by atoms with Gasteiger partial charge in [-0.1, -0.05) is 17.7 Å². The number of piperidine rings is 1. The van der Waals surface area contributed by atoms with E-state index in [2.05, 4.69) is 25.5 Å². The number of carbonyl (C=O) groups excluding carboxylic acids is 1. The van der Waals surface area contributed by atoms with Gasteiger partial charge in [0, 0.05) is 6.20 Å². The zero-order chi connectivity index (χ0) is 21.8. The summed E-state index contributed by atoms with van der Waals surface area (Å²) >= 11 is 7.94. The normalized spacial score (nSPS) is 15.3. The minimum absolute atomic E-state index is 0.0616. The predicted molar refractivity (Wildman–Crippen MR) is 123 cm³/mol. The molecule has 0 spiro atoms. The van der Waals surface area contributed by atoms with Gasteiger partial charge in [-0.3, -0.25) is 9.69 Å². The average molecular weight is 461 g/mol. The van der Waals surface area contributed by atoms with Crippen LogP contribution < -0.4 is 16.4 Å². The van der Waals surface area contributed by atoms with Crippen molar-refractivity contribution < 1.29 is 9.21 Å². The van der Waals surface area contributed by atoms with Crippen molar-refractivity contribution in [2.45, 2.75) is 19.4 Å². The number of hydrogen-bond donors (Lipinski definition) is 3. The van der Waals surface area contributed by atoms with Crippen molar-refractivity contribution in [1.29, 1.82) is 0 Å². The summed E-state index contributed by atoms with van der Waals surface area (Å²) in [7, 11) is 2.02. The Morgan fingerprint density at radius 3 is 2.90 bits per heavy atom. The molecular weight excluding hydrogens is 436 g/mol. The zero-order valence-electron chi connectivity index (χ0n) is 17.2. The molecule has 1 aromatic carbocycles. The van der Waals surface area contributed by atoms with E-state index in [0.717, 1.165) is 47.5 Å². The van der Waals surface area contributed by atoms with E-state index in [0.29, 0.717) is 10.7 Å². The largest absolute Gasteiger partial charge is 0.431 e. The van der Waals surface area contributed by atoms with Crippen LogP contribution >= 0.6 is 22.9 Å². The summed E-state index contributed by atoms with van der Waals surface area (Å²) in [5.41, 5.74) is 6.96. The molecule has 0 aliphatic carbocycles. The van der Waals surface area contributed by atoms with Crippen molar-refractivity contribution in [3.8, 4) is 10.4 Å². The van der Waals surface area contributed by atoms with Crippen LogP contribution in [-0.4, -0.2) is 47.5 Å². The fourth-order valence-electron chi connectivity index (χ4n) is 3.70. The van der Waals surface area contributed by atoms with Gasteiger partial charge in [0.2, 0.25) is 0 Å². The Labute approximate surface area is 189 Å². The van der Waals surface area contributed by atoms with Crippen LogP contribution in [0.3, 0.4) is 0 Å². The second-order valence-corrected chi connectivity index (χ2v) is 9.14. The van der Waals surface area contributed by atoms with Crippen LogP contribution in [0, 0.1) is 5.92 Å². The third-order valence-electron chi connectivity index (χ3n) is 5.37. The Kier molecular flexibility index (Phi) is 6.86. The van der Waals surface area contributed by atoms with Gasteiger partial charge in [-0.2, -0.15) is 4.98 Å². The first-order valence-electron chi connectivity index (χ1n) is 10.2. The standard InChI is InChI=1S/C21H25ClN6O2S/c1-24-9-13-4-6-28(7-5-13)11-19-25-10-18(31-19)14-2-3-15(22)16(8-14)26-20(29)17-12-30-21(23)27-17/h2-3,8,10,12-13,24H,4-7,9,11H2,1H3,(H2,23,27)(H,26,29). The number of nitrogen functional groups attached to an aromatic ring is 1. The van der Waals surface area contributed by atoms with Crippen molar-refractivity contribution in [3.63, 3.8) is 0 Å². The van der Waals surface area contributed by atoms with E-state index in [1.54, 1.807) is 17.4 Å². The predicted octanol–water partition coefficient (Wildman–Crippen LogP) is 3.72. The molecule has 31 heavy (non-hydrogen) atoms. The first kappa shape index (κ1) is 21.8. The van der Waals surface area contributed by atoms with Crippen molar-refractivity contribution in [1.82, 2.24) is 20.2 Å². The van der Waals surface area contributed by atoms with Gasteiger partial charge in [0.15, 0.2) is 5.69 Å². The molecule has 1 saturated heterocycles. The van der Waals surface area contributed by atoms with Crippen LogP contribution in [0.15, 0.2) is 35.1 Å². The topological polar surface area (TPSA) is 109 Å². The molecule has 4 N–H and O–H groups in total. The molecular formula is C21H25ClN6O2S. The Morgan fingerprint density at radius 2 is 2.19 bits per heavy atom. The number of benzene rings is 1. The van der Waals surface area contributed by atoms with Crippen LogP contribution in [0.5, 0.6) is 0 Å². The minimum Gasteiger partial charge on any atom is -0.431 e. The number of hydrogen-bond acceptors (Lipinski definition) is 8. The van der Waals surface area contributed by atoms with Crippen LogP contribution in [0.2, 0.25) is 5.02 Å². The molecule has 3 aromatic rings. The summed E-state index contributed by atoms with van der Waals surface area (Å²) in [6, 6.07) is 5.46. The lowest BCUT2D eigenvalue weighted by Gasteiger charge is -2.31. The lowest BCUT2D eigenvalue weighted by Crippen LogP contribution is -2.36. The van der Waals surface area contributed by atoms with Gasteiger partial charge in [0.1, 0.15) is 11.3 Å². The number of halogens is 1. The molecule has 0 bridgehead atoms. The highest BCUT2D eigenvalue weighted by molar-refractivity contribution is 7.15. The summed E-state index contributed by atoms with van der Waals surface area (Å²) in [4.78, 5) is 24.3. The van der Waals surface area contributed by atoms with Gasteiger partial charge in [-0.15, -0.1) is 11.3 Å². The molecule has 1 aliphatic rings. The van der Waals surface area contributed by atoms with Gasteiger partial charge >= 0.3 is 0 Å². The number of likely N-dealkylation sites (tertiary alicyclic amines) is 1. The van der Waals surface area contributed by atoms with Gasteiger partial charge in [0.25, 0.3) is 11.9 Å². The molecule has 4 rings (SSSR count). The monoisotopic (exact) mass is 460 g/mol. The number of nitrogens with two attached hydrogens (primary N) is 1. The van der Waals surface area contributed by atoms with Crippen LogP contribution in [0.25, 0.3) is 10.4 Å². The number of rotatable bonds is 7. The van der Waals surface area contributed by atoms with E-state index in [4.69, 9.17) is 21.8 Å². The second kappa shape index (κ2) is 9.78. The number of aromatic nitrogens is 2. The number of carbonyl (C=O) groups is 1. The van der Waals surface area contributed by atoms with Gasteiger partial charge in [0.05, 0.1) is 22.1 Å². The molecule has 164 valence electrons. The highest BCUT2D eigenvalue weighted by Gasteiger charge is 2.20. The number of nitrogens with one attached hydrogen (secondary N) is 2. The first-order valence-corrected chi connectivity index (χ1v) is 11.3. The third-order valence-corrected chi connectivity index (χ3v) is 6.73. The van der Waals surface area contributed by atoms with Gasteiger partial charge in [-0.05, 0) is 63.1 Å². The van der Waals surface area contributed by atoms with E-state index in [-0.39, 0.29) is 11.7 Å². The van der Waals surface area contributed by atoms with E-state index in [1.165, 1.54) is 19.1 Å². The third kappa shape index (κ3) is 5.43. The minimum atomic E-state index is -0.439. The molecule has 2 aromatic heterocycles. The van der Waals surface area contributed by atoms with E-state index >= 15 is 0 Å². The van der Waals surface area contributed by atoms with Gasteiger partial charge < -0.3 is 20.8 Å². The quantitative estimate of drug-likeness (QED) is 0.493. The maximum atomic E-state index is 12.4. The van der Waals surface area contributed by atoms with Crippen molar-refractivity contribution in [2.75, 3.05) is 37.7 Å². The Morgan fingerprint density at radius 1 is 1.39 bits per heavy atom. The number of thiazole rings is 1. The lowest BCUT2D eigenvalue weighted by molar-refractivity contribution is 0.102. The Hall–Kier alpha value is -2.46. The molecule has 1 amide bonds. The molecule has 8 nitrogen and oxygen atoms in total. The van der Waals surface area contributed by atoms with E-state index < -0.39 is 5.91 Å². The molecule has 1 aliphatic heterocycles. The highest BCUT2D eigenvalue weighted by Crippen LogP contribution is 2.33. The molecule has 10 heteroatoms. The number of amides is 1. The summed E-state index contributed by atoms with van der Waals surface area (Å²) < 4.78 is 4.89. The number of nitrogens with zero attached hydrogens (tertiary/aromatic N) is 3. The molecule has 1 fully saturated rings. The fourth-order valence-corrected chi connectivity index (χ4v) is 4.82. The number of anilines is 2. The summed E-state index contributed by atoms with van der Waals surface area (Å²) in [6.07, 6.45) is 5.52. The molecule has 0 saturated carbocycles. The smallest absolute Gasteiger partial charge is 0.292 e. The van der Waals surface area contributed by atoms with Crippen molar-refractivity contribution >= 4 is 40.5 Å². The maximum absolute atomic E-state index is 12.4. The van der Waals surface area contributed by atoms with Gasteiger partial charge in [-0.25, -0.2) is 4.98 Å². The maximum Gasteiger partial charge on any atom is 0.292 e. The highest BCUT2D eigenvalue weighted by atomic mass is 35.5. The Bertz CT molecular complexity index is 1040. The van der Waals surface area contributed by atoms with Crippen LogP contribution in [-0.2, 0) is 6.54 Å². The van der Waals surface area contributed by atoms with E-state index in [1.807, 2.05) is 25.4 Å². The fraction of sp³-hybridized carbons (Fsp3) is 0.381. The van der Waals surface area contributed by atoms with Crippen LogP contribution in [0.4, 0.5) is 11.7 Å². The average Bonchev–Trinajstić information content (AvgIpc) is 3.40. The Balaban J connectivity index is 1.41. The number of oxazole rings is 1. The van der Waals surface area contributed by atoms with Crippen molar-refractivity contribution in [2.24, 2.45) is 5.92 Å². The summed E-state index contributed by atoms with van der Waals surface area (Å²) in [5.74, 6) is 0.329. The molecule has 3 heterocycles. The first-order chi connectivity index (χ1) is 15.0. The molecule has 0 unspecified atom stereocenters. The SMILES string of the molecule is CNCC1CCN(Cc2ncc(-c3ccc(Cl)c(NC(=O)c4coc(N)n4)c3)s2)CC1.